The van der Waals surface area contributed by atoms with Gasteiger partial charge in [-0.15, -0.1) is 0 Å². The highest BCUT2D eigenvalue weighted by atomic mass is 16.5. The molecule has 2 bridgehead atoms. The largest absolute Gasteiger partial charge is 0.504 e. The van der Waals surface area contributed by atoms with Crippen LogP contribution in [0.2, 0.25) is 0 Å². The first kappa shape index (κ1) is 13.1. The highest BCUT2D eigenvalue weighted by Gasteiger charge is 2.39. The van der Waals surface area contributed by atoms with E-state index in [0.717, 1.165) is 30.4 Å². The first-order valence-electron chi connectivity index (χ1n) is 6.89. The zero-order chi connectivity index (χ0) is 14.3. The molecule has 1 aliphatic heterocycles. The quantitative estimate of drug-likeness (QED) is 0.855. The lowest BCUT2D eigenvalue weighted by Crippen LogP contribution is -2.48. The van der Waals surface area contributed by atoms with Gasteiger partial charge in [0.15, 0.2) is 11.5 Å². The maximum Gasteiger partial charge on any atom is 0.409 e. The normalized spacial score (nSPS) is 24.0. The predicted molar refractivity (Wildman–Crippen MR) is 73.2 cm³/mol. The van der Waals surface area contributed by atoms with Gasteiger partial charge >= 0.3 is 6.09 Å². The molecule has 1 N–H and O–H groups in total. The number of aromatic hydroxyl groups is 1. The Morgan fingerprint density at radius 2 is 2.20 bits per heavy atom. The van der Waals surface area contributed by atoms with Gasteiger partial charge in [-0.2, -0.15) is 0 Å². The van der Waals surface area contributed by atoms with E-state index in [9.17, 15) is 9.90 Å². The minimum atomic E-state index is -0.248. The Bertz CT molecular complexity index is 543. The maximum atomic E-state index is 11.8. The number of amides is 1. The van der Waals surface area contributed by atoms with Crippen LogP contribution in [0.4, 0.5) is 4.79 Å². The second kappa shape index (κ2) is 4.89. The summed E-state index contributed by atoms with van der Waals surface area (Å²) < 4.78 is 10.2. The molecule has 1 fully saturated rings. The molecule has 2 atom stereocenters. The Morgan fingerprint density at radius 1 is 1.40 bits per heavy atom. The van der Waals surface area contributed by atoms with Crippen molar-refractivity contribution in [2.45, 2.75) is 31.2 Å². The van der Waals surface area contributed by atoms with Gasteiger partial charge in [0.2, 0.25) is 0 Å². The van der Waals surface area contributed by atoms with Gasteiger partial charge < -0.3 is 19.5 Å². The zero-order valence-electron chi connectivity index (χ0n) is 11.8. The van der Waals surface area contributed by atoms with E-state index in [2.05, 4.69) is 0 Å². The van der Waals surface area contributed by atoms with Crippen molar-refractivity contribution in [1.82, 2.24) is 4.90 Å². The van der Waals surface area contributed by atoms with Gasteiger partial charge in [-0.25, -0.2) is 4.79 Å². The van der Waals surface area contributed by atoms with Crippen molar-refractivity contribution in [2.24, 2.45) is 0 Å². The fourth-order valence-electron chi connectivity index (χ4n) is 3.59. The van der Waals surface area contributed by atoms with Crippen LogP contribution in [0.25, 0.3) is 0 Å². The molecule has 0 saturated carbocycles. The van der Waals surface area contributed by atoms with E-state index >= 15 is 0 Å². The Balaban J connectivity index is 1.98. The van der Waals surface area contributed by atoms with E-state index < -0.39 is 0 Å². The van der Waals surface area contributed by atoms with Crippen molar-refractivity contribution >= 4 is 6.09 Å². The summed E-state index contributed by atoms with van der Waals surface area (Å²) in [5.41, 5.74) is 2.28. The molecule has 1 amide bonds. The minimum absolute atomic E-state index is 0.183. The Labute approximate surface area is 118 Å². The van der Waals surface area contributed by atoms with Gasteiger partial charge in [0.25, 0.3) is 0 Å². The molecule has 1 aromatic rings. The molecule has 5 heteroatoms. The molecule has 1 aliphatic carbocycles. The lowest BCUT2D eigenvalue weighted by molar-refractivity contribution is 0.0804. The molecule has 3 rings (SSSR count). The zero-order valence-corrected chi connectivity index (χ0v) is 11.8. The summed E-state index contributed by atoms with van der Waals surface area (Å²) >= 11 is 0. The molecule has 20 heavy (non-hydrogen) atoms. The van der Waals surface area contributed by atoms with Crippen LogP contribution in [-0.4, -0.2) is 42.9 Å². The number of phenolic OH excluding ortho intramolecular Hbond substituents is 1. The molecule has 2 unspecified atom stereocenters. The van der Waals surface area contributed by atoms with Gasteiger partial charge in [-0.1, -0.05) is 6.07 Å². The number of nitrogens with zero attached hydrogens (tertiary/aromatic N) is 1. The second-order valence-electron chi connectivity index (χ2n) is 5.43. The molecule has 0 spiro atoms. The van der Waals surface area contributed by atoms with E-state index in [0.29, 0.717) is 18.2 Å². The Hall–Kier alpha value is -1.91. The molecule has 1 saturated heterocycles. The fraction of sp³-hybridized carbons (Fsp3) is 0.533. The number of rotatable bonds is 1. The molecule has 5 nitrogen and oxygen atoms in total. The molecular formula is C15H19NO4. The number of benzene rings is 1. The Kier molecular flexibility index (Phi) is 3.20. The lowest BCUT2D eigenvalue weighted by atomic mass is 9.75. The molecule has 1 heterocycles. The van der Waals surface area contributed by atoms with Crippen LogP contribution < -0.4 is 4.74 Å². The third-order valence-electron chi connectivity index (χ3n) is 4.46. The summed E-state index contributed by atoms with van der Waals surface area (Å²) in [6, 6.07) is 3.79. The van der Waals surface area contributed by atoms with Gasteiger partial charge in [0.05, 0.1) is 14.2 Å². The summed E-state index contributed by atoms with van der Waals surface area (Å²) in [5.74, 6) is 1.13. The van der Waals surface area contributed by atoms with E-state index in [1.807, 2.05) is 11.0 Å². The van der Waals surface area contributed by atoms with Crippen LogP contribution in [0.1, 0.15) is 29.9 Å². The van der Waals surface area contributed by atoms with Gasteiger partial charge in [0.1, 0.15) is 0 Å². The number of carbonyl (C=O) groups excluding carboxylic acids is 1. The van der Waals surface area contributed by atoms with Crippen molar-refractivity contribution in [1.29, 1.82) is 0 Å². The summed E-state index contributed by atoms with van der Waals surface area (Å²) in [6.45, 7) is 0.695. The van der Waals surface area contributed by atoms with E-state index in [4.69, 9.17) is 9.47 Å². The molecular weight excluding hydrogens is 258 g/mol. The summed E-state index contributed by atoms with van der Waals surface area (Å²) in [7, 11) is 3.01. The van der Waals surface area contributed by atoms with Gasteiger partial charge in [-0.3, -0.25) is 0 Å². The maximum absolute atomic E-state index is 11.8. The second-order valence-corrected chi connectivity index (χ2v) is 5.43. The van der Waals surface area contributed by atoms with Gasteiger partial charge in [-0.05, 0) is 36.8 Å². The monoisotopic (exact) mass is 277 g/mol. The first-order valence-corrected chi connectivity index (χ1v) is 6.89. The van der Waals surface area contributed by atoms with E-state index in [1.54, 1.807) is 13.2 Å². The predicted octanol–water partition coefficient (Wildman–Crippen LogP) is 2.27. The van der Waals surface area contributed by atoms with Crippen LogP contribution in [0.3, 0.4) is 0 Å². The van der Waals surface area contributed by atoms with Gasteiger partial charge in [0, 0.05) is 18.2 Å². The van der Waals surface area contributed by atoms with Crippen LogP contribution in [0.15, 0.2) is 12.1 Å². The van der Waals surface area contributed by atoms with Crippen molar-refractivity contribution < 1.29 is 19.4 Å². The summed E-state index contributed by atoms with van der Waals surface area (Å²) in [6.07, 6.45) is 2.32. The highest BCUT2D eigenvalue weighted by Crippen LogP contribution is 2.47. The average Bonchev–Trinajstić information content (AvgIpc) is 2.47. The van der Waals surface area contributed by atoms with Crippen molar-refractivity contribution in [3.8, 4) is 11.5 Å². The Morgan fingerprint density at radius 3 is 2.90 bits per heavy atom. The van der Waals surface area contributed by atoms with E-state index in [-0.39, 0.29) is 17.9 Å². The van der Waals surface area contributed by atoms with Crippen LogP contribution in [0, 0.1) is 0 Å². The van der Waals surface area contributed by atoms with Crippen LogP contribution in [0.5, 0.6) is 11.5 Å². The number of phenols is 1. The average molecular weight is 277 g/mol. The molecule has 0 radical (unpaired) electrons. The van der Waals surface area contributed by atoms with Crippen molar-refractivity contribution in [3.05, 3.63) is 23.3 Å². The van der Waals surface area contributed by atoms with Crippen molar-refractivity contribution in [2.75, 3.05) is 20.8 Å². The smallest absolute Gasteiger partial charge is 0.409 e. The summed E-state index contributed by atoms with van der Waals surface area (Å²) in [4.78, 5) is 13.6. The number of carbonyl (C=O) groups is 1. The number of methoxy groups -OCH3 is 2. The number of ether oxygens (including phenoxy) is 2. The minimum Gasteiger partial charge on any atom is -0.504 e. The SMILES string of the molecule is COC(=O)N1CCC2CC1Cc1ccc(O)c(OC)c12. The number of piperidine rings is 1. The molecule has 108 valence electrons. The van der Waals surface area contributed by atoms with E-state index in [1.165, 1.54) is 7.11 Å². The van der Waals surface area contributed by atoms with Crippen molar-refractivity contribution in [3.63, 3.8) is 0 Å². The number of hydrogen-bond donors (Lipinski definition) is 1. The molecule has 2 aliphatic rings. The third-order valence-corrected chi connectivity index (χ3v) is 4.46. The topological polar surface area (TPSA) is 59.0 Å². The van der Waals surface area contributed by atoms with Crippen LogP contribution >= 0.6 is 0 Å². The number of fused-ring (bicyclic) bond motifs is 4. The molecule has 1 aromatic carbocycles. The van der Waals surface area contributed by atoms with Crippen LogP contribution in [-0.2, 0) is 11.2 Å². The highest BCUT2D eigenvalue weighted by molar-refractivity contribution is 5.68. The molecule has 0 aromatic heterocycles. The fourth-order valence-corrected chi connectivity index (χ4v) is 3.59. The third kappa shape index (κ3) is 1.88. The standard InChI is InChI=1S/C15H19NO4/c1-19-14-12(17)4-3-9-7-11-8-10(13(9)14)5-6-16(11)15(18)20-2/h3-4,10-11,17H,5-8H2,1-2H3. The summed E-state index contributed by atoms with van der Waals surface area (Å²) in [5, 5.41) is 9.93. The first-order chi connectivity index (χ1) is 9.65. The lowest BCUT2D eigenvalue weighted by Gasteiger charge is -2.43. The number of likely N-dealkylation sites (tertiary alicyclic amines) is 1. The number of hydrogen-bond acceptors (Lipinski definition) is 4.